The molecule has 0 aliphatic heterocycles. The molecular weight excluding hydrogens is 210 g/mol. The zero-order chi connectivity index (χ0) is 9.84. The Hall–Kier alpha value is -0.260. The van der Waals surface area contributed by atoms with Crippen molar-refractivity contribution in [1.82, 2.24) is 14.8 Å². The fraction of sp³-hybridized carbons (Fsp3) is 0.714. The molecule has 0 saturated heterocycles. The van der Waals surface area contributed by atoms with E-state index in [1.165, 1.54) is 11.8 Å². The first-order valence-corrected chi connectivity index (χ1v) is 5.40. The molecule has 0 radical (unpaired) electrons. The first-order valence-electron chi connectivity index (χ1n) is 3.88. The molecular formula is C7H12ClN3OS. The van der Waals surface area contributed by atoms with Crippen LogP contribution in [0.1, 0.15) is 5.82 Å². The molecule has 1 rings (SSSR count). The standard InChI is InChI=1S/C7H12ClN3OS/c1-5-9-10-7(11(5)2)13-4-6(12)3-8/h6,12H,3-4H2,1-2H3. The Morgan fingerprint density at radius 1 is 1.62 bits per heavy atom. The van der Waals surface area contributed by atoms with Crippen LogP contribution in [-0.4, -0.2) is 37.6 Å². The molecule has 0 aliphatic carbocycles. The molecule has 1 aromatic heterocycles. The number of aryl methyl sites for hydroxylation is 1. The Bertz CT molecular complexity index is 279. The summed E-state index contributed by atoms with van der Waals surface area (Å²) in [6, 6.07) is 0. The maximum Gasteiger partial charge on any atom is 0.191 e. The number of aromatic nitrogens is 3. The van der Waals surface area contributed by atoms with Gasteiger partial charge in [-0.05, 0) is 6.92 Å². The quantitative estimate of drug-likeness (QED) is 0.604. The number of aliphatic hydroxyl groups excluding tert-OH is 1. The van der Waals surface area contributed by atoms with E-state index in [0.717, 1.165) is 11.0 Å². The number of alkyl halides is 1. The summed E-state index contributed by atoms with van der Waals surface area (Å²) >= 11 is 6.91. The monoisotopic (exact) mass is 221 g/mol. The largest absolute Gasteiger partial charge is 0.391 e. The van der Waals surface area contributed by atoms with Crippen molar-refractivity contribution in [1.29, 1.82) is 0 Å². The van der Waals surface area contributed by atoms with Crippen molar-refractivity contribution in [2.24, 2.45) is 7.05 Å². The second-order valence-corrected chi connectivity index (χ2v) is 4.00. The Morgan fingerprint density at radius 2 is 2.31 bits per heavy atom. The van der Waals surface area contributed by atoms with Gasteiger partial charge in [0.15, 0.2) is 5.16 Å². The predicted octanol–water partition coefficient (Wildman–Crippen LogP) is 0.815. The van der Waals surface area contributed by atoms with E-state index < -0.39 is 6.10 Å². The van der Waals surface area contributed by atoms with Crippen LogP contribution in [0, 0.1) is 6.92 Å². The van der Waals surface area contributed by atoms with Crippen LogP contribution in [0.3, 0.4) is 0 Å². The topological polar surface area (TPSA) is 50.9 Å². The van der Waals surface area contributed by atoms with Crippen molar-refractivity contribution in [2.45, 2.75) is 18.2 Å². The van der Waals surface area contributed by atoms with Gasteiger partial charge in [-0.3, -0.25) is 0 Å². The molecule has 4 nitrogen and oxygen atoms in total. The van der Waals surface area contributed by atoms with Gasteiger partial charge in [0.05, 0.1) is 6.10 Å². The summed E-state index contributed by atoms with van der Waals surface area (Å²) in [6.07, 6.45) is -0.483. The summed E-state index contributed by atoms with van der Waals surface area (Å²) in [5.74, 6) is 1.67. The Kier molecular flexibility index (Phi) is 4.02. The molecule has 1 aromatic rings. The summed E-state index contributed by atoms with van der Waals surface area (Å²) in [4.78, 5) is 0. The minimum atomic E-state index is -0.483. The Balaban J connectivity index is 2.50. The van der Waals surface area contributed by atoms with Crippen LogP contribution in [0.15, 0.2) is 5.16 Å². The van der Waals surface area contributed by atoms with Crippen molar-refractivity contribution >= 4 is 23.4 Å². The minimum absolute atomic E-state index is 0.254. The van der Waals surface area contributed by atoms with E-state index in [9.17, 15) is 5.11 Å². The zero-order valence-corrected chi connectivity index (χ0v) is 9.14. The number of hydrogen-bond acceptors (Lipinski definition) is 4. The van der Waals surface area contributed by atoms with Crippen LogP contribution < -0.4 is 0 Å². The number of rotatable bonds is 4. The molecule has 1 heterocycles. The van der Waals surface area contributed by atoms with Gasteiger partial charge < -0.3 is 9.67 Å². The van der Waals surface area contributed by atoms with Crippen molar-refractivity contribution in [3.05, 3.63) is 5.82 Å². The SMILES string of the molecule is Cc1nnc(SCC(O)CCl)n1C. The van der Waals surface area contributed by atoms with Crippen LogP contribution in [0.5, 0.6) is 0 Å². The minimum Gasteiger partial charge on any atom is -0.391 e. The smallest absolute Gasteiger partial charge is 0.191 e. The van der Waals surface area contributed by atoms with Gasteiger partial charge >= 0.3 is 0 Å². The van der Waals surface area contributed by atoms with Gasteiger partial charge in [-0.15, -0.1) is 21.8 Å². The van der Waals surface area contributed by atoms with Gasteiger partial charge in [-0.25, -0.2) is 0 Å². The highest BCUT2D eigenvalue weighted by Gasteiger charge is 2.08. The lowest BCUT2D eigenvalue weighted by Crippen LogP contribution is -2.11. The lowest BCUT2D eigenvalue weighted by Gasteiger charge is -2.04. The summed E-state index contributed by atoms with van der Waals surface area (Å²) in [5, 5.41) is 17.9. The molecule has 74 valence electrons. The Labute approximate surface area is 86.3 Å². The number of aliphatic hydroxyl groups is 1. The number of hydrogen-bond donors (Lipinski definition) is 1. The van der Waals surface area contributed by atoms with Crippen LogP contribution in [-0.2, 0) is 7.05 Å². The maximum atomic E-state index is 9.21. The predicted molar refractivity (Wildman–Crippen MR) is 53.2 cm³/mol. The summed E-state index contributed by atoms with van der Waals surface area (Å²) < 4.78 is 1.88. The van der Waals surface area contributed by atoms with Gasteiger partial charge in [0.25, 0.3) is 0 Å². The third-order valence-corrected chi connectivity index (χ3v) is 3.16. The number of nitrogens with zero attached hydrogens (tertiary/aromatic N) is 3. The van der Waals surface area contributed by atoms with E-state index in [1.54, 1.807) is 0 Å². The normalized spacial score (nSPS) is 13.2. The Morgan fingerprint density at radius 3 is 2.77 bits per heavy atom. The van der Waals surface area contributed by atoms with Gasteiger partial charge in [0.2, 0.25) is 0 Å². The second-order valence-electron chi connectivity index (χ2n) is 2.71. The maximum absolute atomic E-state index is 9.21. The molecule has 0 spiro atoms. The fourth-order valence-corrected chi connectivity index (χ4v) is 1.85. The van der Waals surface area contributed by atoms with E-state index in [4.69, 9.17) is 11.6 Å². The molecule has 1 unspecified atom stereocenters. The molecule has 0 aromatic carbocycles. The van der Waals surface area contributed by atoms with Gasteiger partial charge in [0, 0.05) is 18.7 Å². The lowest BCUT2D eigenvalue weighted by atomic mass is 10.5. The number of thioether (sulfide) groups is 1. The highest BCUT2D eigenvalue weighted by atomic mass is 35.5. The lowest BCUT2D eigenvalue weighted by molar-refractivity contribution is 0.223. The van der Waals surface area contributed by atoms with Crippen molar-refractivity contribution < 1.29 is 5.11 Å². The molecule has 0 amide bonds. The van der Waals surface area contributed by atoms with Crippen LogP contribution >= 0.6 is 23.4 Å². The van der Waals surface area contributed by atoms with E-state index >= 15 is 0 Å². The zero-order valence-electron chi connectivity index (χ0n) is 7.57. The van der Waals surface area contributed by atoms with Crippen molar-refractivity contribution in [3.63, 3.8) is 0 Å². The molecule has 0 saturated carbocycles. The first-order chi connectivity index (χ1) is 6.15. The van der Waals surface area contributed by atoms with E-state index in [0.29, 0.717) is 5.75 Å². The van der Waals surface area contributed by atoms with Crippen molar-refractivity contribution in [2.75, 3.05) is 11.6 Å². The molecule has 1 N–H and O–H groups in total. The van der Waals surface area contributed by atoms with Gasteiger partial charge in [0.1, 0.15) is 5.82 Å². The molecule has 6 heteroatoms. The van der Waals surface area contributed by atoms with Gasteiger partial charge in [-0.2, -0.15) is 0 Å². The summed E-state index contributed by atoms with van der Waals surface area (Å²) in [6.45, 7) is 1.88. The third kappa shape index (κ3) is 2.86. The first kappa shape index (κ1) is 10.8. The highest BCUT2D eigenvalue weighted by Crippen LogP contribution is 2.16. The molecule has 0 fully saturated rings. The summed E-state index contributed by atoms with van der Waals surface area (Å²) in [7, 11) is 1.89. The van der Waals surface area contributed by atoms with Crippen molar-refractivity contribution in [3.8, 4) is 0 Å². The average molecular weight is 222 g/mol. The van der Waals surface area contributed by atoms with E-state index in [2.05, 4.69) is 10.2 Å². The third-order valence-electron chi connectivity index (χ3n) is 1.64. The average Bonchev–Trinajstić information content (AvgIpc) is 2.44. The second kappa shape index (κ2) is 4.83. The highest BCUT2D eigenvalue weighted by molar-refractivity contribution is 7.99. The summed E-state index contributed by atoms with van der Waals surface area (Å²) in [5.41, 5.74) is 0. The molecule has 13 heavy (non-hydrogen) atoms. The van der Waals surface area contributed by atoms with E-state index in [-0.39, 0.29) is 5.88 Å². The molecule has 1 atom stereocenters. The van der Waals surface area contributed by atoms with E-state index in [1.807, 2.05) is 18.5 Å². The number of halogens is 1. The molecule has 0 bridgehead atoms. The fourth-order valence-electron chi connectivity index (χ4n) is 0.729. The van der Waals surface area contributed by atoms with Crippen LogP contribution in [0.4, 0.5) is 0 Å². The molecule has 0 aliphatic rings. The van der Waals surface area contributed by atoms with Gasteiger partial charge in [-0.1, -0.05) is 11.8 Å². The van der Waals surface area contributed by atoms with Crippen LogP contribution in [0.2, 0.25) is 0 Å². The van der Waals surface area contributed by atoms with Crippen LogP contribution in [0.25, 0.3) is 0 Å².